The van der Waals surface area contributed by atoms with Gasteiger partial charge in [-0.05, 0) is 55.1 Å². The number of amides is 2. The van der Waals surface area contributed by atoms with Gasteiger partial charge in [0.25, 0.3) is 5.91 Å². The summed E-state index contributed by atoms with van der Waals surface area (Å²) >= 11 is 0. The first-order valence-corrected chi connectivity index (χ1v) is 8.48. The number of carbonyl (C=O) groups excluding carboxylic acids is 2. The molecule has 0 aliphatic heterocycles. The molecule has 1 aromatic heterocycles. The van der Waals surface area contributed by atoms with E-state index in [9.17, 15) is 9.59 Å². The molecule has 0 spiro atoms. The lowest BCUT2D eigenvalue weighted by atomic mass is 10.2. The Balaban J connectivity index is 1.42. The minimum atomic E-state index is -0.198. The van der Waals surface area contributed by atoms with E-state index in [0.29, 0.717) is 24.3 Å². The zero-order valence-electron chi connectivity index (χ0n) is 14.0. The highest BCUT2D eigenvalue weighted by atomic mass is 16.2. The second kappa shape index (κ2) is 8.39. The molecule has 2 amide bonds. The molecule has 130 valence electrons. The van der Waals surface area contributed by atoms with E-state index in [-0.39, 0.29) is 11.8 Å². The van der Waals surface area contributed by atoms with Crippen LogP contribution in [0.5, 0.6) is 0 Å². The van der Waals surface area contributed by atoms with Crippen LogP contribution in [0.2, 0.25) is 0 Å². The second-order valence-electron chi connectivity index (χ2n) is 6.24. The minimum absolute atomic E-state index is 0.00499. The maximum atomic E-state index is 12.1. The van der Waals surface area contributed by atoms with Gasteiger partial charge in [-0.1, -0.05) is 12.1 Å². The molecule has 6 heteroatoms. The van der Waals surface area contributed by atoms with Crippen LogP contribution in [0.1, 0.15) is 28.8 Å². The molecule has 1 saturated carbocycles. The lowest BCUT2D eigenvalue weighted by molar-refractivity contribution is -0.120. The van der Waals surface area contributed by atoms with Crippen LogP contribution < -0.4 is 16.0 Å². The SMILES string of the molecule is O=C(CNCC1CC1)NCc1ccc(NC(=O)c2cccnc2)cc1. The summed E-state index contributed by atoms with van der Waals surface area (Å²) in [6, 6.07) is 10.8. The van der Waals surface area contributed by atoms with Crippen molar-refractivity contribution in [3.05, 3.63) is 59.9 Å². The summed E-state index contributed by atoms with van der Waals surface area (Å²) in [4.78, 5) is 27.7. The summed E-state index contributed by atoms with van der Waals surface area (Å²) < 4.78 is 0. The largest absolute Gasteiger partial charge is 0.351 e. The van der Waals surface area contributed by atoms with Gasteiger partial charge in [0, 0.05) is 24.6 Å². The van der Waals surface area contributed by atoms with E-state index in [1.165, 1.54) is 19.0 Å². The van der Waals surface area contributed by atoms with Gasteiger partial charge < -0.3 is 16.0 Å². The first-order valence-electron chi connectivity index (χ1n) is 8.48. The Morgan fingerprint density at radius 1 is 1.12 bits per heavy atom. The summed E-state index contributed by atoms with van der Waals surface area (Å²) in [7, 11) is 0. The fraction of sp³-hybridized carbons (Fsp3) is 0.316. The average molecular weight is 338 g/mol. The zero-order chi connectivity index (χ0) is 17.5. The first-order chi connectivity index (χ1) is 12.2. The summed E-state index contributed by atoms with van der Waals surface area (Å²) in [5.74, 6) is 0.563. The molecular formula is C19H22N4O2. The lowest BCUT2D eigenvalue weighted by Crippen LogP contribution is -2.34. The van der Waals surface area contributed by atoms with Crippen molar-refractivity contribution in [2.24, 2.45) is 5.92 Å². The van der Waals surface area contributed by atoms with Gasteiger partial charge >= 0.3 is 0 Å². The summed E-state index contributed by atoms with van der Waals surface area (Å²) in [5, 5.41) is 8.87. The van der Waals surface area contributed by atoms with Crippen LogP contribution in [0.25, 0.3) is 0 Å². The Hall–Kier alpha value is -2.73. The molecule has 1 fully saturated rings. The first kappa shape index (κ1) is 17.1. The maximum Gasteiger partial charge on any atom is 0.257 e. The molecule has 3 rings (SSSR count). The third kappa shape index (κ3) is 5.69. The number of aromatic nitrogens is 1. The van der Waals surface area contributed by atoms with Crippen molar-refractivity contribution in [2.75, 3.05) is 18.4 Å². The zero-order valence-corrected chi connectivity index (χ0v) is 14.0. The fourth-order valence-corrected chi connectivity index (χ4v) is 2.38. The Morgan fingerprint density at radius 2 is 1.92 bits per heavy atom. The van der Waals surface area contributed by atoms with Crippen LogP contribution in [-0.4, -0.2) is 29.9 Å². The summed E-state index contributed by atoms with van der Waals surface area (Å²) in [6.45, 7) is 1.76. The Morgan fingerprint density at radius 3 is 2.60 bits per heavy atom. The van der Waals surface area contributed by atoms with Crippen molar-refractivity contribution in [3.63, 3.8) is 0 Å². The van der Waals surface area contributed by atoms with Crippen LogP contribution in [0.3, 0.4) is 0 Å². The van der Waals surface area contributed by atoms with Crippen molar-refractivity contribution in [2.45, 2.75) is 19.4 Å². The maximum absolute atomic E-state index is 12.1. The van der Waals surface area contributed by atoms with Gasteiger partial charge in [0.1, 0.15) is 0 Å². The van der Waals surface area contributed by atoms with Crippen LogP contribution >= 0.6 is 0 Å². The molecule has 0 radical (unpaired) electrons. The van der Waals surface area contributed by atoms with Crippen molar-refractivity contribution in [3.8, 4) is 0 Å². The third-order valence-electron chi connectivity index (χ3n) is 4.04. The van der Waals surface area contributed by atoms with Gasteiger partial charge in [-0.3, -0.25) is 14.6 Å². The smallest absolute Gasteiger partial charge is 0.257 e. The fourth-order valence-electron chi connectivity index (χ4n) is 2.38. The van der Waals surface area contributed by atoms with E-state index in [1.807, 2.05) is 24.3 Å². The van der Waals surface area contributed by atoms with E-state index in [1.54, 1.807) is 18.3 Å². The highest BCUT2D eigenvalue weighted by Crippen LogP contribution is 2.27. The summed E-state index contributed by atoms with van der Waals surface area (Å²) in [6.07, 6.45) is 5.70. The highest BCUT2D eigenvalue weighted by Gasteiger charge is 2.20. The topological polar surface area (TPSA) is 83.1 Å². The van der Waals surface area contributed by atoms with E-state index in [2.05, 4.69) is 20.9 Å². The number of hydrogen-bond acceptors (Lipinski definition) is 4. The molecule has 6 nitrogen and oxygen atoms in total. The number of pyridine rings is 1. The molecule has 0 unspecified atom stereocenters. The molecular weight excluding hydrogens is 316 g/mol. The predicted octanol–water partition coefficient (Wildman–Crippen LogP) is 1.95. The number of nitrogens with zero attached hydrogens (tertiary/aromatic N) is 1. The number of carbonyl (C=O) groups is 2. The van der Waals surface area contributed by atoms with Crippen molar-refractivity contribution >= 4 is 17.5 Å². The number of nitrogens with one attached hydrogen (secondary N) is 3. The van der Waals surface area contributed by atoms with Gasteiger partial charge in [0.2, 0.25) is 5.91 Å². The molecule has 1 aromatic carbocycles. The van der Waals surface area contributed by atoms with E-state index < -0.39 is 0 Å². The molecule has 0 atom stereocenters. The predicted molar refractivity (Wildman–Crippen MR) is 96.1 cm³/mol. The van der Waals surface area contributed by atoms with E-state index in [0.717, 1.165) is 18.0 Å². The third-order valence-corrected chi connectivity index (χ3v) is 4.04. The van der Waals surface area contributed by atoms with E-state index >= 15 is 0 Å². The molecule has 3 N–H and O–H groups in total. The Kier molecular flexibility index (Phi) is 5.74. The standard InChI is InChI=1S/C19H22N4O2/c24-18(13-21-10-14-3-4-14)22-11-15-5-7-17(8-6-15)23-19(25)16-2-1-9-20-12-16/h1-2,5-9,12,14,21H,3-4,10-11,13H2,(H,22,24)(H,23,25). The van der Waals surface area contributed by atoms with Crippen LogP contribution in [0, 0.1) is 5.92 Å². The molecule has 1 heterocycles. The number of benzene rings is 1. The normalized spacial score (nSPS) is 13.3. The molecule has 25 heavy (non-hydrogen) atoms. The highest BCUT2D eigenvalue weighted by molar-refractivity contribution is 6.03. The van der Waals surface area contributed by atoms with E-state index in [4.69, 9.17) is 0 Å². The second-order valence-corrected chi connectivity index (χ2v) is 6.24. The number of hydrogen-bond donors (Lipinski definition) is 3. The monoisotopic (exact) mass is 338 g/mol. The number of rotatable bonds is 8. The minimum Gasteiger partial charge on any atom is -0.351 e. The van der Waals surface area contributed by atoms with Crippen molar-refractivity contribution < 1.29 is 9.59 Å². The van der Waals surface area contributed by atoms with Gasteiger partial charge in [0.15, 0.2) is 0 Å². The van der Waals surface area contributed by atoms with Crippen molar-refractivity contribution in [1.29, 1.82) is 0 Å². The van der Waals surface area contributed by atoms with Crippen LogP contribution in [-0.2, 0) is 11.3 Å². The molecule has 1 aliphatic carbocycles. The van der Waals surface area contributed by atoms with Crippen LogP contribution in [0.15, 0.2) is 48.8 Å². The number of anilines is 1. The lowest BCUT2D eigenvalue weighted by Gasteiger charge is -2.08. The van der Waals surface area contributed by atoms with Gasteiger partial charge in [-0.2, -0.15) is 0 Å². The molecule has 2 aromatic rings. The molecule has 1 aliphatic rings. The Bertz CT molecular complexity index is 712. The average Bonchev–Trinajstić information content (AvgIpc) is 3.46. The van der Waals surface area contributed by atoms with Crippen molar-refractivity contribution in [1.82, 2.24) is 15.6 Å². The van der Waals surface area contributed by atoms with Gasteiger partial charge in [0.05, 0.1) is 12.1 Å². The van der Waals surface area contributed by atoms with Gasteiger partial charge in [-0.15, -0.1) is 0 Å². The summed E-state index contributed by atoms with van der Waals surface area (Å²) in [5.41, 5.74) is 2.20. The Labute approximate surface area is 147 Å². The molecule has 0 saturated heterocycles. The van der Waals surface area contributed by atoms with Gasteiger partial charge in [-0.25, -0.2) is 0 Å². The quantitative estimate of drug-likeness (QED) is 0.687. The molecule has 0 bridgehead atoms. The van der Waals surface area contributed by atoms with Crippen LogP contribution in [0.4, 0.5) is 5.69 Å².